The van der Waals surface area contributed by atoms with Crippen LogP contribution in [0.2, 0.25) is 5.02 Å². The summed E-state index contributed by atoms with van der Waals surface area (Å²) in [4.78, 5) is 25.1. The number of ether oxygens (including phenoxy) is 1. The number of carbonyl (C=O) groups is 2. The minimum Gasteiger partial charge on any atom is -0.410 e. The van der Waals surface area contributed by atoms with Crippen LogP contribution in [0.4, 0.5) is 10.5 Å². The van der Waals surface area contributed by atoms with Gasteiger partial charge in [0, 0.05) is 17.8 Å². The zero-order chi connectivity index (χ0) is 16.8. The van der Waals surface area contributed by atoms with Crippen molar-refractivity contribution in [2.75, 3.05) is 18.9 Å². The summed E-state index contributed by atoms with van der Waals surface area (Å²) in [7, 11) is 1.50. The van der Waals surface area contributed by atoms with Crippen molar-refractivity contribution in [3.63, 3.8) is 0 Å². The van der Waals surface area contributed by atoms with Gasteiger partial charge in [0.05, 0.1) is 0 Å². The predicted molar refractivity (Wildman–Crippen MR) is 89.9 cm³/mol. The van der Waals surface area contributed by atoms with Crippen LogP contribution < -0.4 is 10.1 Å². The van der Waals surface area contributed by atoms with Crippen LogP contribution in [-0.2, 0) is 4.79 Å². The van der Waals surface area contributed by atoms with Crippen LogP contribution in [0.1, 0.15) is 5.56 Å². The highest BCUT2D eigenvalue weighted by Gasteiger charge is 2.15. The maximum atomic E-state index is 12.0. The molecule has 0 heterocycles. The lowest BCUT2D eigenvalue weighted by Gasteiger charge is -2.17. The second kappa shape index (κ2) is 7.65. The maximum absolute atomic E-state index is 12.0. The predicted octanol–water partition coefficient (Wildman–Crippen LogP) is 3.72. The number of nitrogens with one attached hydrogen (secondary N) is 1. The van der Waals surface area contributed by atoms with Gasteiger partial charge < -0.3 is 15.0 Å². The molecule has 23 heavy (non-hydrogen) atoms. The topological polar surface area (TPSA) is 58.6 Å². The summed E-state index contributed by atoms with van der Waals surface area (Å²) in [5.41, 5.74) is 1.50. The van der Waals surface area contributed by atoms with Crippen molar-refractivity contribution >= 4 is 29.3 Å². The number of benzene rings is 2. The quantitative estimate of drug-likeness (QED) is 0.928. The Kier molecular flexibility index (Phi) is 5.60. The molecule has 0 saturated carbocycles. The third-order valence-corrected chi connectivity index (χ3v) is 3.34. The fraction of sp³-hybridized carbons (Fsp3) is 0.176. The molecule has 0 saturated heterocycles. The average Bonchev–Trinajstić information content (AvgIpc) is 2.51. The van der Waals surface area contributed by atoms with E-state index in [1.54, 1.807) is 42.5 Å². The molecule has 1 N–H and O–H groups in total. The summed E-state index contributed by atoms with van der Waals surface area (Å²) in [6, 6.07) is 13.9. The Morgan fingerprint density at radius 1 is 1.17 bits per heavy atom. The third kappa shape index (κ3) is 5.00. The van der Waals surface area contributed by atoms with Gasteiger partial charge in [-0.3, -0.25) is 4.79 Å². The molecule has 0 spiro atoms. The van der Waals surface area contributed by atoms with Crippen LogP contribution in [0, 0.1) is 6.92 Å². The number of likely N-dealkylation sites (N-methyl/N-ethyl adjacent to an activating group) is 1. The van der Waals surface area contributed by atoms with Crippen LogP contribution in [0.25, 0.3) is 0 Å². The average molecular weight is 333 g/mol. The molecular formula is C17H17ClN2O3. The summed E-state index contributed by atoms with van der Waals surface area (Å²) in [6.07, 6.45) is -0.598. The van der Waals surface area contributed by atoms with E-state index in [1.165, 1.54) is 11.9 Å². The van der Waals surface area contributed by atoms with Crippen molar-refractivity contribution in [1.82, 2.24) is 4.90 Å². The van der Waals surface area contributed by atoms with Crippen molar-refractivity contribution < 1.29 is 14.3 Å². The molecule has 0 aromatic heterocycles. The monoisotopic (exact) mass is 332 g/mol. The molecule has 2 aromatic rings. The number of halogens is 1. The van der Waals surface area contributed by atoms with Crippen molar-refractivity contribution in [2.45, 2.75) is 6.92 Å². The zero-order valence-electron chi connectivity index (χ0n) is 12.9. The van der Waals surface area contributed by atoms with Crippen molar-refractivity contribution in [2.24, 2.45) is 0 Å². The standard InChI is InChI=1S/C17H17ClN2O3/c1-12-10-13(18)8-9-15(12)19-16(21)11-20(2)17(22)23-14-6-4-3-5-7-14/h3-10H,11H2,1-2H3,(H,19,21). The first kappa shape index (κ1) is 16.8. The first-order valence-electron chi connectivity index (χ1n) is 6.99. The first-order valence-corrected chi connectivity index (χ1v) is 7.37. The number of amides is 2. The second-order valence-electron chi connectivity index (χ2n) is 5.04. The second-order valence-corrected chi connectivity index (χ2v) is 5.48. The van der Waals surface area contributed by atoms with Crippen molar-refractivity contribution in [3.8, 4) is 5.75 Å². The van der Waals surface area contributed by atoms with Gasteiger partial charge in [-0.25, -0.2) is 4.79 Å². The minimum atomic E-state index is -0.598. The van der Waals surface area contributed by atoms with E-state index in [4.69, 9.17) is 16.3 Å². The summed E-state index contributed by atoms with van der Waals surface area (Å²) in [5.74, 6) is 0.112. The van der Waals surface area contributed by atoms with Crippen LogP contribution in [0.5, 0.6) is 5.75 Å². The highest BCUT2D eigenvalue weighted by molar-refractivity contribution is 6.30. The van der Waals surface area contributed by atoms with Gasteiger partial charge in [0.1, 0.15) is 12.3 Å². The molecule has 2 aromatic carbocycles. The lowest BCUT2D eigenvalue weighted by Crippen LogP contribution is -2.36. The summed E-state index contributed by atoms with van der Waals surface area (Å²) < 4.78 is 5.16. The molecule has 0 radical (unpaired) electrons. The Bertz CT molecular complexity index is 704. The van der Waals surface area contributed by atoms with Crippen LogP contribution in [0.3, 0.4) is 0 Å². The SMILES string of the molecule is Cc1cc(Cl)ccc1NC(=O)CN(C)C(=O)Oc1ccccc1. The highest BCUT2D eigenvalue weighted by atomic mass is 35.5. The Morgan fingerprint density at radius 3 is 2.52 bits per heavy atom. The molecule has 2 amide bonds. The molecule has 0 unspecified atom stereocenters. The number of carbonyl (C=O) groups excluding carboxylic acids is 2. The van der Waals surface area contributed by atoms with E-state index in [2.05, 4.69) is 5.32 Å². The van der Waals surface area contributed by atoms with E-state index >= 15 is 0 Å². The molecule has 2 rings (SSSR count). The Hall–Kier alpha value is -2.53. The number of nitrogens with zero attached hydrogens (tertiary/aromatic N) is 1. The Morgan fingerprint density at radius 2 is 1.87 bits per heavy atom. The third-order valence-electron chi connectivity index (χ3n) is 3.10. The summed E-state index contributed by atoms with van der Waals surface area (Å²) >= 11 is 5.87. The fourth-order valence-corrected chi connectivity index (χ4v) is 2.13. The lowest BCUT2D eigenvalue weighted by molar-refractivity contribution is -0.116. The van der Waals surface area contributed by atoms with Gasteiger partial charge in [-0.15, -0.1) is 0 Å². The minimum absolute atomic E-state index is 0.117. The van der Waals surface area contributed by atoms with Gasteiger partial charge in [0.25, 0.3) is 0 Å². The van der Waals surface area contributed by atoms with E-state index in [-0.39, 0.29) is 12.5 Å². The number of aryl methyl sites for hydroxylation is 1. The van der Waals surface area contributed by atoms with Gasteiger partial charge in [-0.1, -0.05) is 29.8 Å². The van der Waals surface area contributed by atoms with Crippen molar-refractivity contribution in [1.29, 1.82) is 0 Å². The molecule has 0 aliphatic carbocycles. The largest absolute Gasteiger partial charge is 0.415 e. The van der Waals surface area contributed by atoms with Gasteiger partial charge in [-0.2, -0.15) is 0 Å². The number of hydrogen-bond acceptors (Lipinski definition) is 3. The molecule has 0 atom stereocenters. The molecule has 6 heteroatoms. The van der Waals surface area contributed by atoms with E-state index in [0.717, 1.165) is 5.56 Å². The molecule has 5 nitrogen and oxygen atoms in total. The molecule has 0 aliphatic rings. The molecule has 0 bridgehead atoms. The Balaban J connectivity index is 1.90. The van der Waals surface area contributed by atoms with Crippen LogP contribution in [-0.4, -0.2) is 30.5 Å². The molecular weight excluding hydrogens is 316 g/mol. The fourth-order valence-electron chi connectivity index (χ4n) is 1.90. The molecule has 120 valence electrons. The molecule has 0 aliphatic heterocycles. The maximum Gasteiger partial charge on any atom is 0.415 e. The summed E-state index contributed by atoms with van der Waals surface area (Å²) in [5, 5.41) is 3.34. The van der Waals surface area contributed by atoms with Crippen LogP contribution in [0.15, 0.2) is 48.5 Å². The molecule has 0 fully saturated rings. The smallest absolute Gasteiger partial charge is 0.410 e. The first-order chi connectivity index (χ1) is 11.0. The number of para-hydroxylation sites is 1. The van der Waals surface area contributed by atoms with Gasteiger partial charge >= 0.3 is 6.09 Å². The zero-order valence-corrected chi connectivity index (χ0v) is 13.6. The van der Waals surface area contributed by atoms with E-state index in [9.17, 15) is 9.59 Å². The summed E-state index contributed by atoms with van der Waals surface area (Å²) in [6.45, 7) is 1.72. The van der Waals surface area contributed by atoms with Crippen LogP contribution >= 0.6 is 11.6 Å². The van der Waals surface area contributed by atoms with E-state index < -0.39 is 6.09 Å². The Labute approximate surface area is 139 Å². The number of rotatable bonds is 4. The van der Waals surface area contributed by atoms with Gasteiger partial charge in [-0.05, 0) is 42.8 Å². The van der Waals surface area contributed by atoms with E-state index in [0.29, 0.717) is 16.5 Å². The van der Waals surface area contributed by atoms with Crippen molar-refractivity contribution in [3.05, 3.63) is 59.1 Å². The highest BCUT2D eigenvalue weighted by Crippen LogP contribution is 2.19. The number of anilines is 1. The lowest BCUT2D eigenvalue weighted by atomic mass is 10.2. The normalized spacial score (nSPS) is 10.0. The van der Waals surface area contributed by atoms with Gasteiger partial charge in [0.2, 0.25) is 5.91 Å². The van der Waals surface area contributed by atoms with Gasteiger partial charge in [0.15, 0.2) is 0 Å². The van der Waals surface area contributed by atoms with E-state index in [1.807, 2.05) is 13.0 Å². The number of hydrogen-bond donors (Lipinski definition) is 1.